The first-order valence-electron chi connectivity index (χ1n) is 6.60. The molecule has 1 heterocycles. The first-order valence-corrected chi connectivity index (χ1v) is 8.38. The smallest absolute Gasteiger partial charge is 0.230 e. The summed E-state index contributed by atoms with van der Waals surface area (Å²) in [5.41, 5.74) is 0. The maximum atomic E-state index is 12.0. The van der Waals surface area contributed by atoms with E-state index in [0.717, 1.165) is 22.2 Å². The minimum Gasteiger partial charge on any atom is -0.345 e. The van der Waals surface area contributed by atoms with Gasteiger partial charge in [0.1, 0.15) is 0 Å². The van der Waals surface area contributed by atoms with E-state index in [1.165, 1.54) is 11.8 Å². The van der Waals surface area contributed by atoms with Crippen LogP contribution in [0.1, 0.15) is 31.6 Å². The molecule has 0 unspecified atom stereocenters. The van der Waals surface area contributed by atoms with Gasteiger partial charge in [-0.25, -0.2) is 0 Å². The third-order valence-electron chi connectivity index (χ3n) is 2.77. The molecule has 0 aliphatic carbocycles. The number of aromatic amines is 1. The van der Waals surface area contributed by atoms with Crippen molar-refractivity contribution in [2.24, 2.45) is 0 Å². The fourth-order valence-corrected chi connectivity index (χ4v) is 2.76. The maximum Gasteiger partial charge on any atom is 0.230 e. The van der Waals surface area contributed by atoms with Crippen molar-refractivity contribution in [3.8, 4) is 0 Å². The Morgan fingerprint density at radius 3 is 2.81 bits per heavy atom. The molecule has 112 valence electrons. The molecule has 0 saturated carbocycles. The zero-order valence-corrected chi connectivity index (χ0v) is 13.9. The molecule has 0 aliphatic heterocycles. The van der Waals surface area contributed by atoms with Gasteiger partial charge in [0.15, 0.2) is 5.82 Å². The number of nitrogens with one attached hydrogen (secondary N) is 2. The van der Waals surface area contributed by atoms with Crippen LogP contribution in [-0.4, -0.2) is 32.3 Å². The first kappa shape index (κ1) is 16.0. The number of hydrogen-bond acceptors (Lipinski definition) is 5. The van der Waals surface area contributed by atoms with Gasteiger partial charge in [0.25, 0.3) is 0 Å². The number of aromatic nitrogens is 4. The van der Waals surface area contributed by atoms with Crippen molar-refractivity contribution < 1.29 is 4.79 Å². The van der Waals surface area contributed by atoms with E-state index >= 15 is 0 Å². The lowest BCUT2D eigenvalue weighted by Crippen LogP contribution is -2.30. The Hall–Kier alpha value is -1.41. The van der Waals surface area contributed by atoms with Crippen LogP contribution in [0.4, 0.5) is 0 Å². The molecule has 0 aliphatic rings. The number of benzene rings is 1. The minimum atomic E-state index is -0.188. The average Bonchev–Trinajstić information content (AvgIpc) is 3.00. The number of carbonyl (C=O) groups excluding carboxylic acids is 1. The van der Waals surface area contributed by atoms with Crippen molar-refractivity contribution in [2.45, 2.75) is 30.7 Å². The number of H-pyrrole nitrogens is 1. The maximum absolute atomic E-state index is 12.0. The van der Waals surface area contributed by atoms with E-state index in [0.29, 0.717) is 11.6 Å². The summed E-state index contributed by atoms with van der Waals surface area (Å²) in [6.07, 6.45) is 1.72. The van der Waals surface area contributed by atoms with Gasteiger partial charge in [0, 0.05) is 9.37 Å². The van der Waals surface area contributed by atoms with Crippen LogP contribution in [-0.2, 0) is 4.79 Å². The van der Waals surface area contributed by atoms with Crippen LogP contribution in [0.15, 0.2) is 33.6 Å². The molecule has 0 fully saturated rings. The van der Waals surface area contributed by atoms with Crippen LogP contribution < -0.4 is 5.32 Å². The lowest BCUT2D eigenvalue weighted by atomic mass is 10.1. The third-order valence-corrected chi connectivity index (χ3v) is 4.31. The number of thioether (sulfide) groups is 1. The molecule has 8 heteroatoms. The van der Waals surface area contributed by atoms with Crippen molar-refractivity contribution in [1.29, 1.82) is 0 Å². The predicted octanol–water partition coefficient (Wildman–Crippen LogP) is 2.71. The molecule has 21 heavy (non-hydrogen) atoms. The highest BCUT2D eigenvalue weighted by molar-refractivity contribution is 9.10. The quantitative estimate of drug-likeness (QED) is 0.733. The highest BCUT2D eigenvalue weighted by atomic mass is 79.9. The number of hydrogen-bond donors (Lipinski definition) is 2. The van der Waals surface area contributed by atoms with Crippen LogP contribution in [0.25, 0.3) is 0 Å². The number of rotatable bonds is 7. The Morgan fingerprint density at radius 1 is 1.43 bits per heavy atom. The van der Waals surface area contributed by atoms with Gasteiger partial charge in [-0.05, 0) is 30.7 Å². The molecule has 6 nitrogen and oxygen atoms in total. The average molecular weight is 370 g/mol. The molecule has 1 amide bonds. The number of carbonyl (C=O) groups is 1. The normalized spacial score (nSPS) is 12.1. The van der Waals surface area contributed by atoms with Gasteiger partial charge in [-0.15, -0.1) is 22.0 Å². The SMILES string of the molecule is CCC[C@@H](NC(=O)CSc1ccc(Br)cc1)c1nn[nH]n1. The molecule has 2 rings (SSSR count). The molecule has 1 aromatic carbocycles. The number of amides is 1. The van der Waals surface area contributed by atoms with Gasteiger partial charge >= 0.3 is 0 Å². The Bertz CT molecular complexity index is 560. The summed E-state index contributed by atoms with van der Waals surface area (Å²) in [5, 5.41) is 16.8. The highest BCUT2D eigenvalue weighted by Gasteiger charge is 2.17. The van der Waals surface area contributed by atoms with E-state index in [1.807, 2.05) is 24.3 Å². The molecule has 0 radical (unpaired) electrons. The van der Waals surface area contributed by atoms with Gasteiger partial charge in [-0.2, -0.15) is 5.21 Å². The molecule has 1 atom stereocenters. The van der Waals surface area contributed by atoms with E-state index in [1.54, 1.807) is 0 Å². The van der Waals surface area contributed by atoms with Crippen LogP contribution in [0, 0.1) is 0 Å². The van der Waals surface area contributed by atoms with E-state index in [2.05, 4.69) is 48.8 Å². The Morgan fingerprint density at radius 2 is 2.19 bits per heavy atom. The molecular weight excluding hydrogens is 354 g/mol. The second-order valence-electron chi connectivity index (χ2n) is 4.42. The lowest BCUT2D eigenvalue weighted by molar-refractivity contribution is -0.119. The van der Waals surface area contributed by atoms with E-state index in [4.69, 9.17) is 0 Å². The number of halogens is 1. The molecule has 2 N–H and O–H groups in total. The summed E-state index contributed by atoms with van der Waals surface area (Å²) in [6.45, 7) is 2.05. The van der Waals surface area contributed by atoms with E-state index < -0.39 is 0 Å². The van der Waals surface area contributed by atoms with Gasteiger partial charge < -0.3 is 5.32 Å². The monoisotopic (exact) mass is 369 g/mol. The molecule has 0 spiro atoms. The summed E-state index contributed by atoms with van der Waals surface area (Å²) in [7, 11) is 0. The fourth-order valence-electron chi connectivity index (χ4n) is 1.79. The number of nitrogens with zero attached hydrogens (tertiary/aromatic N) is 3. The second kappa shape index (κ2) is 8.14. The van der Waals surface area contributed by atoms with E-state index in [-0.39, 0.29) is 11.9 Å². The zero-order valence-electron chi connectivity index (χ0n) is 11.5. The van der Waals surface area contributed by atoms with Gasteiger partial charge in [-0.1, -0.05) is 34.5 Å². The summed E-state index contributed by atoms with van der Waals surface area (Å²) in [5.74, 6) is 0.852. The Labute approximate surface area is 135 Å². The molecule has 0 bridgehead atoms. The molecule has 1 aromatic heterocycles. The topological polar surface area (TPSA) is 83.6 Å². The first-order chi connectivity index (χ1) is 10.2. The van der Waals surface area contributed by atoms with Crippen molar-refractivity contribution >= 4 is 33.6 Å². The summed E-state index contributed by atoms with van der Waals surface area (Å²) in [6, 6.07) is 7.68. The van der Waals surface area contributed by atoms with Gasteiger partial charge in [-0.3, -0.25) is 4.79 Å². The predicted molar refractivity (Wildman–Crippen MR) is 84.8 cm³/mol. The van der Waals surface area contributed by atoms with Crippen molar-refractivity contribution in [3.05, 3.63) is 34.6 Å². The molecule has 0 saturated heterocycles. The summed E-state index contributed by atoms with van der Waals surface area (Å²) < 4.78 is 1.02. The Balaban J connectivity index is 1.86. The summed E-state index contributed by atoms with van der Waals surface area (Å²) >= 11 is 4.88. The fraction of sp³-hybridized carbons (Fsp3) is 0.385. The number of tetrazole rings is 1. The Kier molecular flexibility index (Phi) is 6.19. The zero-order chi connectivity index (χ0) is 15.1. The van der Waals surface area contributed by atoms with Crippen LogP contribution in [0.5, 0.6) is 0 Å². The standard InChI is InChI=1S/C13H16BrN5OS/c1-2-3-11(13-16-18-19-17-13)15-12(20)8-21-10-6-4-9(14)5-7-10/h4-7,11H,2-3,8H2,1H3,(H,15,20)(H,16,17,18,19)/t11-/m1/s1. The molecule has 2 aromatic rings. The van der Waals surface area contributed by atoms with Gasteiger partial charge in [0.2, 0.25) is 5.91 Å². The highest BCUT2D eigenvalue weighted by Crippen LogP contribution is 2.21. The van der Waals surface area contributed by atoms with Crippen LogP contribution in [0.2, 0.25) is 0 Å². The van der Waals surface area contributed by atoms with Crippen molar-refractivity contribution in [2.75, 3.05) is 5.75 Å². The van der Waals surface area contributed by atoms with Crippen molar-refractivity contribution in [3.63, 3.8) is 0 Å². The van der Waals surface area contributed by atoms with E-state index in [9.17, 15) is 4.79 Å². The largest absolute Gasteiger partial charge is 0.345 e. The van der Waals surface area contributed by atoms with Crippen LogP contribution >= 0.6 is 27.7 Å². The third kappa shape index (κ3) is 5.13. The minimum absolute atomic E-state index is 0.0360. The molecular formula is C13H16BrN5OS. The van der Waals surface area contributed by atoms with Gasteiger partial charge in [0.05, 0.1) is 11.8 Å². The lowest BCUT2D eigenvalue weighted by Gasteiger charge is -2.14. The van der Waals surface area contributed by atoms with Crippen molar-refractivity contribution in [1.82, 2.24) is 25.9 Å². The van der Waals surface area contributed by atoms with Crippen LogP contribution in [0.3, 0.4) is 0 Å². The summed E-state index contributed by atoms with van der Waals surface area (Å²) in [4.78, 5) is 13.1. The second-order valence-corrected chi connectivity index (χ2v) is 6.39.